The molecule has 104 valence electrons. The molecule has 0 fully saturated rings. The highest BCUT2D eigenvalue weighted by Gasteiger charge is 2.14. The zero-order valence-corrected chi connectivity index (χ0v) is 13.8. The maximum absolute atomic E-state index is 3.73. The molecule has 4 heteroatoms. The number of rotatable bonds is 6. The number of nitrogens with one attached hydrogen (secondary N) is 1. The van der Waals surface area contributed by atoms with E-state index >= 15 is 0 Å². The fourth-order valence-electron chi connectivity index (χ4n) is 2.19. The van der Waals surface area contributed by atoms with Crippen LogP contribution in [-0.2, 0) is 13.0 Å². The standard InChI is InChI=1S/C16H17NS3/c1-12-6-9-20-16(12)11-17-14(15-5-3-8-19-15)10-13-4-2-7-18-13/h2-9,14,17H,10-11H2,1H3. The quantitative estimate of drug-likeness (QED) is 0.654. The van der Waals surface area contributed by atoms with Crippen LogP contribution < -0.4 is 5.32 Å². The average molecular weight is 320 g/mol. The molecule has 0 radical (unpaired) electrons. The molecule has 20 heavy (non-hydrogen) atoms. The molecule has 0 aliphatic carbocycles. The van der Waals surface area contributed by atoms with Crippen LogP contribution in [0.25, 0.3) is 0 Å². The lowest BCUT2D eigenvalue weighted by Crippen LogP contribution is -2.21. The van der Waals surface area contributed by atoms with Gasteiger partial charge < -0.3 is 5.32 Å². The predicted octanol–water partition coefficient (Wildman–Crippen LogP) is 5.25. The van der Waals surface area contributed by atoms with Gasteiger partial charge in [0.1, 0.15) is 0 Å². The monoisotopic (exact) mass is 319 g/mol. The number of hydrogen-bond acceptors (Lipinski definition) is 4. The van der Waals surface area contributed by atoms with Crippen molar-refractivity contribution in [3.8, 4) is 0 Å². The van der Waals surface area contributed by atoms with Crippen molar-refractivity contribution in [2.45, 2.75) is 25.9 Å². The van der Waals surface area contributed by atoms with E-state index in [0.717, 1.165) is 13.0 Å². The zero-order chi connectivity index (χ0) is 13.8. The molecular weight excluding hydrogens is 302 g/mol. The van der Waals surface area contributed by atoms with Crippen LogP contribution in [-0.4, -0.2) is 0 Å². The molecule has 0 bridgehead atoms. The van der Waals surface area contributed by atoms with Crippen molar-refractivity contribution < 1.29 is 0 Å². The molecule has 1 unspecified atom stereocenters. The lowest BCUT2D eigenvalue weighted by molar-refractivity contribution is 0.544. The summed E-state index contributed by atoms with van der Waals surface area (Å²) in [5.41, 5.74) is 1.39. The van der Waals surface area contributed by atoms with Crippen LogP contribution in [0, 0.1) is 6.92 Å². The second-order valence-corrected chi connectivity index (χ2v) is 7.77. The molecule has 1 nitrogen and oxygen atoms in total. The molecule has 0 aromatic carbocycles. The van der Waals surface area contributed by atoms with Gasteiger partial charge in [0.25, 0.3) is 0 Å². The fourth-order valence-corrected chi connectivity index (χ4v) is 4.61. The van der Waals surface area contributed by atoms with Crippen LogP contribution in [0.4, 0.5) is 0 Å². The van der Waals surface area contributed by atoms with E-state index in [1.54, 1.807) is 0 Å². The Bertz CT molecular complexity index is 623. The smallest absolute Gasteiger partial charge is 0.0466 e. The minimum absolute atomic E-state index is 0.412. The summed E-state index contributed by atoms with van der Waals surface area (Å²) >= 11 is 5.52. The van der Waals surface area contributed by atoms with E-state index in [9.17, 15) is 0 Å². The van der Waals surface area contributed by atoms with Gasteiger partial charge in [0.15, 0.2) is 0 Å². The Morgan fingerprint density at radius 3 is 2.50 bits per heavy atom. The van der Waals surface area contributed by atoms with Gasteiger partial charge >= 0.3 is 0 Å². The molecule has 0 aliphatic rings. The van der Waals surface area contributed by atoms with Crippen molar-refractivity contribution in [1.29, 1.82) is 0 Å². The van der Waals surface area contributed by atoms with Crippen molar-refractivity contribution >= 4 is 34.0 Å². The molecule has 1 atom stereocenters. The van der Waals surface area contributed by atoms with Crippen LogP contribution in [0.2, 0.25) is 0 Å². The highest BCUT2D eigenvalue weighted by molar-refractivity contribution is 7.10. The summed E-state index contributed by atoms with van der Waals surface area (Å²) in [5, 5.41) is 10.2. The Balaban J connectivity index is 1.71. The third-order valence-corrected chi connectivity index (χ3v) is 6.26. The summed E-state index contributed by atoms with van der Waals surface area (Å²) in [6, 6.07) is 11.3. The third-order valence-electron chi connectivity index (χ3n) is 3.35. The van der Waals surface area contributed by atoms with Gasteiger partial charge in [-0.15, -0.1) is 34.0 Å². The lowest BCUT2D eigenvalue weighted by atomic mass is 10.1. The van der Waals surface area contributed by atoms with E-state index in [2.05, 4.69) is 58.7 Å². The van der Waals surface area contributed by atoms with Crippen LogP contribution in [0.1, 0.15) is 26.2 Å². The largest absolute Gasteiger partial charge is 0.304 e. The van der Waals surface area contributed by atoms with Gasteiger partial charge in [0, 0.05) is 33.6 Å². The first kappa shape index (κ1) is 14.0. The summed E-state index contributed by atoms with van der Waals surface area (Å²) < 4.78 is 0. The minimum Gasteiger partial charge on any atom is -0.304 e. The van der Waals surface area contributed by atoms with Gasteiger partial charge in [-0.05, 0) is 46.8 Å². The number of thiophene rings is 3. The van der Waals surface area contributed by atoms with Gasteiger partial charge in [-0.1, -0.05) is 12.1 Å². The second kappa shape index (κ2) is 6.68. The summed E-state index contributed by atoms with van der Waals surface area (Å²) in [7, 11) is 0. The van der Waals surface area contributed by atoms with Gasteiger partial charge in [-0.3, -0.25) is 0 Å². The van der Waals surface area contributed by atoms with E-state index in [1.165, 1.54) is 20.2 Å². The van der Waals surface area contributed by atoms with Gasteiger partial charge in [0.05, 0.1) is 0 Å². The van der Waals surface area contributed by atoms with E-state index < -0.39 is 0 Å². The first-order chi connectivity index (χ1) is 9.83. The van der Waals surface area contributed by atoms with Crippen molar-refractivity contribution in [1.82, 2.24) is 5.32 Å². The van der Waals surface area contributed by atoms with E-state index in [4.69, 9.17) is 0 Å². The highest BCUT2D eigenvalue weighted by atomic mass is 32.1. The summed E-state index contributed by atoms with van der Waals surface area (Å²) in [5.74, 6) is 0. The Kier molecular flexibility index (Phi) is 4.68. The molecule has 3 rings (SSSR count). The molecular formula is C16H17NS3. The topological polar surface area (TPSA) is 12.0 Å². The highest BCUT2D eigenvalue weighted by Crippen LogP contribution is 2.26. The molecule has 3 aromatic heterocycles. The molecule has 0 saturated carbocycles. The fraction of sp³-hybridized carbons (Fsp3) is 0.250. The third kappa shape index (κ3) is 3.38. The SMILES string of the molecule is Cc1ccsc1CNC(Cc1cccs1)c1cccs1. The van der Waals surface area contributed by atoms with Crippen LogP contribution in [0.15, 0.2) is 46.5 Å². The van der Waals surface area contributed by atoms with Crippen LogP contribution in [0.5, 0.6) is 0 Å². The first-order valence-corrected chi connectivity index (χ1v) is 9.29. The molecule has 0 spiro atoms. The van der Waals surface area contributed by atoms with Crippen LogP contribution >= 0.6 is 34.0 Å². The van der Waals surface area contributed by atoms with E-state index in [-0.39, 0.29) is 0 Å². The molecule has 1 N–H and O–H groups in total. The molecule has 3 aromatic rings. The van der Waals surface area contributed by atoms with Crippen molar-refractivity contribution in [2.75, 3.05) is 0 Å². The summed E-state index contributed by atoms with van der Waals surface area (Å²) in [6.45, 7) is 3.14. The number of hydrogen-bond donors (Lipinski definition) is 1. The van der Waals surface area contributed by atoms with Crippen molar-refractivity contribution in [3.05, 3.63) is 66.7 Å². The average Bonchev–Trinajstić information content (AvgIpc) is 3.18. The minimum atomic E-state index is 0.412. The second-order valence-electron chi connectivity index (χ2n) is 4.76. The summed E-state index contributed by atoms with van der Waals surface area (Å²) in [6.07, 6.45) is 1.07. The Labute approximate surface area is 131 Å². The molecule has 0 aliphatic heterocycles. The van der Waals surface area contributed by atoms with Gasteiger partial charge in [0.2, 0.25) is 0 Å². The molecule has 0 amide bonds. The first-order valence-electron chi connectivity index (χ1n) is 6.65. The maximum Gasteiger partial charge on any atom is 0.0466 e. The van der Waals surface area contributed by atoms with Gasteiger partial charge in [-0.25, -0.2) is 0 Å². The van der Waals surface area contributed by atoms with Crippen molar-refractivity contribution in [3.63, 3.8) is 0 Å². The molecule has 0 saturated heterocycles. The van der Waals surface area contributed by atoms with Crippen LogP contribution in [0.3, 0.4) is 0 Å². The predicted molar refractivity (Wildman–Crippen MR) is 91.0 cm³/mol. The maximum atomic E-state index is 3.73. The Morgan fingerprint density at radius 1 is 1.00 bits per heavy atom. The number of aryl methyl sites for hydroxylation is 1. The Morgan fingerprint density at radius 2 is 1.85 bits per heavy atom. The van der Waals surface area contributed by atoms with Gasteiger partial charge in [-0.2, -0.15) is 0 Å². The lowest BCUT2D eigenvalue weighted by Gasteiger charge is -2.16. The summed E-state index contributed by atoms with van der Waals surface area (Å²) in [4.78, 5) is 4.31. The van der Waals surface area contributed by atoms with E-state index in [0.29, 0.717) is 6.04 Å². The van der Waals surface area contributed by atoms with Crippen molar-refractivity contribution in [2.24, 2.45) is 0 Å². The Hall–Kier alpha value is -0.940. The molecule has 3 heterocycles. The zero-order valence-electron chi connectivity index (χ0n) is 11.3. The van der Waals surface area contributed by atoms with E-state index in [1.807, 2.05) is 34.0 Å². The normalized spacial score (nSPS) is 12.7.